The summed E-state index contributed by atoms with van der Waals surface area (Å²) in [4.78, 5) is 4.47. The Morgan fingerprint density at radius 2 is 2.07 bits per heavy atom. The summed E-state index contributed by atoms with van der Waals surface area (Å²) in [5.41, 5.74) is 7.01. The average molecular weight is 206 g/mol. The van der Waals surface area contributed by atoms with E-state index in [1.807, 2.05) is 6.07 Å². The van der Waals surface area contributed by atoms with Crippen molar-refractivity contribution in [2.45, 2.75) is 24.6 Å². The Bertz CT molecular complexity index is 334. The summed E-state index contributed by atoms with van der Waals surface area (Å²) in [5.74, 6) is 0. The molecule has 0 saturated heterocycles. The van der Waals surface area contributed by atoms with Crippen molar-refractivity contribution in [2.75, 3.05) is 0 Å². The van der Waals surface area contributed by atoms with E-state index in [2.05, 4.69) is 36.2 Å². The van der Waals surface area contributed by atoms with Gasteiger partial charge in [0.15, 0.2) is 5.17 Å². The fraction of sp³-hybridized carbons (Fsp3) is 0.364. The normalized spacial score (nSPS) is 26.2. The molecule has 0 amide bonds. The van der Waals surface area contributed by atoms with Crippen molar-refractivity contribution in [1.82, 2.24) is 0 Å². The monoisotopic (exact) mass is 206 g/mol. The molecule has 1 aromatic carbocycles. The van der Waals surface area contributed by atoms with E-state index in [4.69, 9.17) is 5.73 Å². The van der Waals surface area contributed by atoms with Crippen LogP contribution in [0, 0.1) is 0 Å². The van der Waals surface area contributed by atoms with Crippen LogP contribution in [0.4, 0.5) is 0 Å². The summed E-state index contributed by atoms with van der Waals surface area (Å²) in [5, 5.41) is 1.24. The van der Waals surface area contributed by atoms with Gasteiger partial charge in [-0.3, -0.25) is 4.99 Å². The van der Waals surface area contributed by atoms with Crippen LogP contribution in [0.15, 0.2) is 35.3 Å². The molecule has 0 bridgehead atoms. The zero-order valence-electron chi connectivity index (χ0n) is 8.18. The van der Waals surface area contributed by atoms with Gasteiger partial charge in [-0.1, -0.05) is 49.0 Å². The van der Waals surface area contributed by atoms with Gasteiger partial charge in [0, 0.05) is 5.25 Å². The highest BCUT2D eigenvalue weighted by Gasteiger charge is 2.28. The summed E-state index contributed by atoms with van der Waals surface area (Å²) >= 11 is 1.70. The van der Waals surface area contributed by atoms with Crippen LogP contribution < -0.4 is 5.73 Å². The van der Waals surface area contributed by atoms with E-state index in [1.54, 1.807) is 11.8 Å². The van der Waals surface area contributed by atoms with Crippen LogP contribution in [0.1, 0.15) is 24.9 Å². The molecule has 0 unspecified atom stereocenters. The molecule has 3 heteroatoms. The van der Waals surface area contributed by atoms with Crippen LogP contribution in [0.3, 0.4) is 0 Å². The van der Waals surface area contributed by atoms with Crippen molar-refractivity contribution in [3.63, 3.8) is 0 Å². The van der Waals surface area contributed by atoms with Crippen LogP contribution in [0.25, 0.3) is 0 Å². The van der Waals surface area contributed by atoms with E-state index >= 15 is 0 Å². The maximum atomic E-state index is 5.74. The average Bonchev–Trinajstić information content (AvgIpc) is 2.61. The van der Waals surface area contributed by atoms with Crippen LogP contribution in [0.5, 0.6) is 0 Å². The maximum Gasteiger partial charge on any atom is 0.154 e. The Morgan fingerprint density at radius 1 is 1.36 bits per heavy atom. The standard InChI is InChI=1S/C11H14N2S/c1-2-9-10(13-11(12)14-9)8-6-4-3-5-7-8/h3-7,9-10H,2H2,1H3,(H2,12,13)/t9-,10+/m1/s1. The molecule has 0 radical (unpaired) electrons. The van der Waals surface area contributed by atoms with Gasteiger partial charge in [-0.25, -0.2) is 0 Å². The molecule has 0 spiro atoms. The lowest BCUT2D eigenvalue weighted by Gasteiger charge is -2.14. The van der Waals surface area contributed by atoms with E-state index in [-0.39, 0.29) is 6.04 Å². The predicted molar refractivity (Wildman–Crippen MR) is 62.5 cm³/mol. The lowest BCUT2D eigenvalue weighted by Crippen LogP contribution is -2.08. The molecule has 2 rings (SSSR count). The molecule has 2 nitrogen and oxygen atoms in total. The Kier molecular flexibility index (Phi) is 2.77. The van der Waals surface area contributed by atoms with Gasteiger partial charge in [-0.2, -0.15) is 0 Å². The van der Waals surface area contributed by atoms with Crippen molar-refractivity contribution in [3.05, 3.63) is 35.9 Å². The van der Waals surface area contributed by atoms with Gasteiger partial charge in [0.1, 0.15) is 0 Å². The fourth-order valence-corrected chi connectivity index (χ4v) is 2.71. The number of amidine groups is 1. The molecule has 1 aliphatic rings. The van der Waals surface area contributed by atoms with Gasteiger partial charge >= 0.3 is 0 Å². The van der Waals surface area contributed by atoms with Crippen molar-refractivity contribution in [3.8, 4) is 0 Å². The Hall–Kier alpha value is -0.960. The maximum absolute atomic E-state index is 5.74. The van der Waals surface area contributed by atoms with Gasteiger partial charge < -0.3 is 5.73 Å². The number of aliphatic imine (C=N–C) groups is 1. The number of nitrogens with two attached hydrogens (primary N) is 1. The minimum Gasteiger partial charge on any atom is -0.379 e. The highest BCUT2D eigenvalue weighted by molar-refractivity contribution is 8.14. The number of thioether (sulfide) groups is 1. The van der Waals surface area contributed by atoms with Crippen molar-refractivity contribution in [1.29, 1.82) is 0 Å². The summed E-state index contributed by atoms with van der Waals surface area (Å²) < 4.78 is 0. The van der Waals surface area contributed by atoms with Crippen molar-refractivity contribution in [2.24, 2.45) is 10.7 Å². The Morgan fingerprint density at radius 3 is 2.71 bits per heavy atom. The van der Waals surface area contributed by atoms with Gasteiger partial charge in [0.25, 0.3) is 0 Å². The second-order valence-electron chi connectivity index (χ2n) is 3.39. The van der Waals surface area contributed by atoms with Crippen molar-refractivity contribution < 1.29 is 0 Å². The molecule has 14 heavy (non-hydrogen) atoms. The molecule has 0 saturated carbocycles. The van der Waals surface area contributed by atoms with Crippen LogP contribution >= 0.6 is 11.8 Å². The minimum absolute atomic E-state index is 0.256. The minimum atomic E-state index is 0.256. The first kappa shape index (κ1) is 9.59. The van der Waals surface area contributed by atoms with Crippen molar-refractivity contribution >= 4 is 16.9 Å². The first-order valence-electron chi connectivity index (χ1n) is 4.86. The lowest BCUT2D eigenvalue weighted by molar-refractivity contribution is 0.672. The molecule has 2 atom stereocenters. The molecule has 74 valence electrons. The van der Waals surface area contributed by atoms with Gasteiger partial charge in [-0.05, 0) is 12.0 Å². The van der Waals surface area contributed by atoms with Crippen LogP contribution in [-0.2, 0) is 0 Å². The van der Waals surface area contributed by atoms with E-state index in [0.717, 1.165) is 11.6 Å². The topological polar surface area (TPSA) is 38.4 Å². The predicted octanol–water partition coefficient (Wildman–Crippen LogP) is 2.57. The van der Waals surface area contributed by atoms with Crippen LogP contribution in [-0.4, -0.2) is 10.4 Å². The second-order valence-corrected chi connectivity index (χ2v) is 4.65. The number of nitrogens with zero attached hydrogens (tertiary/aromatic N) is 1. The Balaban J connectivity index is 2.25. The molecule has 0 aliphatic carbocycles. The molecule has 1 heterocycles. The first-order chi connectivity index (χ1) is 6.81. The molecular formula is C11H14N2S. The number of benzene rings is 1. The third kappa shape index (κ3) is 1.77. The molecule has 2 N–H and O–H groups in total. The van der Waals surface area contributed by atoms with Crippen LogP contribution in [0.2, 0.25) is 0 Å². The van der Waals surface area contributed by atoms with E-state index in [1.165, 1.54) is 5.56 Å². The quantitative estimate of drug-likeness (QED) is 0.807. The summed E-state index contributed by atoms with van der Waals surface area (Å²) in [6, 6.07) is 10.6. The van der Waals surface area contributed by atoms with Gasteiger partial charge in [0.05, 0.1) is 6.04 Å². The SMILES string of the molecule is CC[C@H]1SC(N)=N[C@H]1c1ccccc1. The van der Waals surface area contributed by atoms with Gasteiger partial charge in [0.2, 0.25) is 0 Å². The summed E-state index contributed by atoms with van der Waals surface area (Å²) in [6.07, 6.45) is 1.11. The third-order valence-corrected chi connectivity index (χ3v) is 3.67. The van der Waals surface area contributed by atoms with E-state index in [9.17, 15) is 0 Å². The molecular weight excluding hydrogens is 192 g/mol. The summed E-state index contributed by atoms with van der Waals surface area (Å²) in [7, 11) is 0. The summed E-state index contributed by atoms with van der Waals surface area (Å²) in [6.45, 7) is 2.18. The Labute approximate surface area is 88.6 Å². The highest BCUT2D eigenvalue weighted by atomic mass is 32.2. The molecule has 1 aromatic rings. The smallest absolute Gasteiger partial charge is 0.154 e. The largest absolute Gasteiger partial charge is 0.379 e. The van der Waals surface area contributed by atoms with E-state index in [0.29, 0.717) is 5.25 Å². The molecule has 1 aliphatic heterocycles. The molecule has 0 fully saturated rings. The third-order valence-electron chi connectivity index (χ3n) is 2.43. The zero-order valence-corrected chi connectivity index (χ0v) is 9.00. The highest BCUT2D eigenvalue weighted by Crippen LogP contribution is 2.37. The molecule has 0 aromatic heterocycles. The second kappa shape index (κ2) is 4.05. The van der Waals surface area contributed by atoms with E-state index < -0.39 is 0 Å². The number of hydrogen-bond acceptors (Lipinski definition) is 3. The van der Waals surface area contributed by atoms with Gasteiger partial charge in [-0.15, -0.1) is 0 Å². The number of rotatable bonds is 2. The fourth-order valence-electron chi connectivity index (χ4n) is 1.72. The first-order valence-corrected chi connectivity index (χ1v) is 5.74. The number of hydrogen-bond donors (Lipinski definition) is 1. The zero-order chi connectivity index (χ0) is 9.97. The lowest BCUT2D eigenvalue weighted by atomic mass is 10.0.